The van der Waals surface area contributed by atoms with Crippen LogP contribution in [0.5, 0.6) is 0 Å². The number of hydrogen-bond donors (Lipinski definition) is 1. The monoisotopic (exact) mass is 409 g/mol. The number of carbonyl (C=O) groups is 1. The molecule has 4 rings (SSSR count). The Bertz CT molecular complexity index is 1030. The van der Waals surface area contributed by atoms with Crippen LogP contribution in [0, 0.1) is 11.7 Å². The molecule has 0 radical (unpaired) electrons. The lowest BCUT2D eigenvalue weighted by Gasteiger charge is -2.25. The molecule has 3 heterocycles. The maximum atomic E-state index is 13.1. The third-order valence-electron chi connectivity index (χ3n) is 4.79. The van der Waals surface area contributed by atoms with Gasteiger partial charge in [0.05, 0.1) is 12.5 Å². The maximum absolute atomic E-state index is 13.1. The number of carbonyl (C=O) groups excluding carboxylic acids is 1. The smallest absolute Gasteiger partial charge is 0.392 e. The van der Waals surface area contributed by atoms with Crippen LogP contribution >= 0.6 is 0 Å². The zero-order valence-electron chi connectivity index (χ0n) is 14.9. The van der Waals surface area contributed by atoms with Gasteiger partial charge in [-0.2, -0.15) is 13.2 Å². The van der Waals surface area contributed by atoms with E-state index in [4.69, 9.17) is 4.42 Å². The van der Waals surface area contributed by atoms with Crippen molar-refractivity contribution in [3.05, 3.63) is 53.8 Å². The largest absolute Gasteiger partial charge is 0.443 e. The van der Waals surface area contributed by atoms with Gasteiger partial charge in [0.15, 0.2) is 23.7 Å². The molecule has 1 N–H and O–H groups in total. The SMILES string of the molecule is O=C(NCc1nnc2n1CCC(C(F)(F)F)C2)c1ncoc1-c1ccc(F)cc1. The highest BCUT2D eigenvalue weighted by atomic mass is 19.4. The molecule has 7 nitrogen and oxygen atoms in total. The number of oxazole rings is 1. The van der Waals surface area contributed by atoms with Gasteiger partial charge >= 0.3 is 6.18 Å². The van der Waals surface area contributed by atoms with Gasteiger partial charge in [0.1, 0.15) is 11.6 Å². The van der Waals surface area contributed by atoms with Gasteiger partial charge < -0.3 is 14.3 Å². The van der Waals surface area contributed by atoms with E-state index in [1.807, 2.05) is 0 Å². The Labute approximate surface area is 161 Å². The Morgan fingerprint density at radius 2 is 2.00 bits per heavy atom. The number of benzene rings is 1. The van der Waals surface area contributed by atoms with Crippen LogP contribution in [0.3, 0.4) is 0 Å². The summed E-state index contributed by atoms with van der Waals surface area (Å²) in [6, 6.07) is 5.38. The van der Waals surface area contributed by atoms with Crippen LogP contribution in [0.4, 0.5) is 17.6 Å². The lowest BCUT2D eigenvalue weighted by molar-refractivity contribution is -0.179. The van der Waals surface area contributed by atoms with E-state index in [2.05, 4.69) is 20.5 Å². The summed E-state index contributed by atoms with van der Waals surface area (Å²) in [7, 11) is 0. The van der Waals surface area contributed by atoms with Gasteiger partial charge in [-0.05, 0) is 30.7 Å². The summed E-state index contributed by atoms with van der Waals surface area (Å²) < 4.78 is 58.6. The number of alkyl halides is 3. The number of halogens is 4. The van der Waals surface area contributed by atoms with Crippen LogP contribution in [0.2, 0.25) is 0 Å². The number of aromatic nitrogens is 4. The van der Waals surface area contributed by atoms with Crippen LogP contribution in [-0.4, -0.2) is 31.8 Å². The van der Waals surface area contributed by atoms with Gasteiger partial charge in [0.25, 0.3) is 5.91 Å². The topological polar surface area (TPSA) is 85.8 Å². The maximum Gasteiger partial charge on any atom is 0.392 e. The molecular weight excluding hydrogens is 394 g/mol. The molecule has 0 saturated carbocycles. The number of amides is 1. The van der Waals surface area contributed by atoms with E-state index in [9.17, 15) is 22.4 Å². The fourth-order valence-electron chi connectivity index (χ4n) is 3.26. The first-order valence-corrected chi connectivity index (χ1v) is 8.78. The Morgan fingerprint density at radius 1 is 1.24 bits per heavy atom. The summed E-state index contributed by atoms with van der Waals surface area (Å²) >= 11 is 0. The lowest BCUT2D eigenvalue weighted by Crippen LogP contribution is -2.32. The van der Waals surface area contributed by atoms with Crippen molar-refractivity contribution in [2.75, 3.05) is 0 Å². The minimum Gasteiger partial charge on any atom is -0.443 e. The second-order valence-corrected chi connectivity index (χ2v) is 6.64. The normalized spacial score (nSPS) is 16.5. The van der Waals surface area contributed by atoms with Crippen molar-refractivity contribution in [1.29, 1.82) is 0 Å². The summed E-state index contributed by atoms with van der Waals surface area (Å²) in [4.78, 5) is 16.4. The number of rotatable bonds is 4. The second kappa shape index (κ2) is 7.30. The van der Waals surface area contributed by atoms with Crippen molar-refractivity contribution in [3.63, 3.8) is 0 Å². The van der Waals surface area contributed by atoms with Gasteiger partial charge in [0, 0.05) is 18.5 Å². The van der Waals surface area contributed by atoms with E-state index < -0.39 is 23.8 Å². The second-order valence-electron chi connectivity index (χ2n) is 6.64. The van der Waals surface area contributed by atoms with Crippen molar-refractivity contribution >= 4 is 5.91 Å². The molecule has 1 unspecified atom stereocenters. The van der Waals surface area contributed by atoms with E-state index in [-0.39, 0.29) is 43.2 Å². The third-order valence-corrected chi connectivity index (χ3v) is 4.79. The summed E-state index contributed by atoms with van der Waals surface area (Å²) in [6.07, 6.45) is -3.46. The quantitative estimate of drug-likeness (QED) is 0.670. The van der Waals surface area contributed by atoms with Gasteiger partial charge in [0.2, 0.25) is 0 Å². The molecule has 0 bridgehead atoms. The number of nitrogens with one attached hydrogen (secondary N) is 1. The average molecular weight is 409 g/mol. The van der Waals surface area contributed by atoms with Crippen LogP contribution in [0.25, 0.3) is 11.3 Å². The Kier molecular flexibility index (Phi) is 4.81. The van der Waals surface area contributed by atoms with E-state index in [0.717, 1.165) is 6.39 Å². The predicted octanol–water partition coefficient (Wildman–Crippen LogP) is 3.13. The molecule has 0 fully saturated rings. The first kappa shape index (κ1) is 19.1. The summed E-state index contributed by atoms with van der Waals surface area (Å²) in [5, 5.41) is 10.3. The van der Waals surface area contributed by atoms with E-state index in [1.165, 1.54) is 24.3 Å². The summed E-state index contributed by atoms with van der Waals surface area (Å²) in [6.45, 7) is 0.0980. The van der Waals surface area contributed by atoms with Crippen LogP contribution in [0.15, 0.2) is 35.1 Å². The van der Waals surface area contributed by atoms with Crippen LogP contribution in [-0.2, 0) is 19.5 Å². The number of nitrogens with zero attached hydrogens (tertiary/aromatic N) is 4. The molecule has 1 amide bonds. The minimum atomic E-state index is -4.27. The molecule has 29 heavy (non-hydrogen) atoms. The predicted molar refractivity (Wildman–Crippen MR) is 91.0 cm³/mol. The first-order chi connectivity index (χ1) is 13.8. The van der Waals surface area contributed by atoms with Crippen molar-refractivity contribution in [2.45, 2.75) is 32.1 Å². The van der Waals surface area contributed by atoms with Gasteiger partial charge in [-0.15, -0.1) is 10.2 Å². The molecule has 152 valence electrons. The molecule has 0 aliphatic carbocycles. The van der Waals surface area contributed by atoms with Crippen LogP contribution in [0.1, 0.15) is 28.6 Å². The highest BCUT2D eigenvalue weighted by molar-refractivity contribution is 5.97. The van der Waals surface area contributed by atoms with E-state index >= 15 is 0 Å². The number of fused-ring (bicyclic) bond motifs is 1. The fourth-order valence-corrected chi connectivity index (χ4v) is 3.26. The zero-order valence-corrected chi connectivity index (χ0v) is 14.9. The fraction of sp³-hybridized carbons (Fsp3) is 0.333. The Hall–Kier alpha value is -3.24. The Balaban J connectivity index is 1.45. The van der Waals surface area contributed by atoms with Crippen molar-refractivity contribution in [3.8, 4) is 11.3 Å². The molecular formula is C18H15F4N5O2. The van der Waals surface area contributed by atoms with Crippen molar-refractivity contribution in [1.82, 2.24) is 25.1 Å². The molecule has 1 aliphatic rings. The number of hydrogen-bond acceptors (Lipinski definition) is 5. The molecule has 3 aromatic rings. The molecule has 11 heteroatoms. The van der Waals surface area contributed by atoms with Crippen molar-refractivity contribution < 1.29 is 26.8 Å². The van der Waals surface area contributed by atoms with Gasteiger partial charge in [-0.1, -0.05) is 0 Å². The van der Waals surface area contributed by atoms with Crippen molar-refractivity contribution in [2.24, 2.45) is 5.92 Å². The Morgan fingerprint density at radius 3 is 2.72 bits per heavy atom. The van der Waals surface area contributed by atoms with Gasteiger partial charge in [-0.25, -0.2) is 9.37 Å². The molecule has 0 saturated heterocycles. The minimum absolute atomic E-state index is 0.00660. The third kappa shape index (κ3) is 3.84. The van der Waals surface area contributed by atoms with Crippen LogP contribution < -0.4 is 5.32 Å². The first-order valence-electron chi connectivity index (χ1n) is 8.78. The van der Waals surface area contributed by atoms with E-state index in [0.29, 0.717) is 11.4 Å². The van der Waals surface area contributed by atoms with Gasteiger partial charge in [-0.3, -0.25) is 4.79 Å². The summed E-state index contributed by atoms with van der Waals surface area (Å²) in [5.41, 5.74) is 0.485. The summed E-state index contributed by atoms with van der Waals surface area (Å²) in [5.74, 6) is -1.63. The van der Waals surface area contributed by atoms with E-state index in [1.54, 1.807) is 4.57 Å². The molecule has 0 spiro atoms. The lowest BCUT2D eigenvalue weighted by atomic mass is 9.97. The molecule has 1 aromatic carbocycles. The zero-order chi connectivity index (χ0) is 20.6. The molecule has 1 atom stereocenters. The molecule has 1 aliphatic heterocycles. The standard InChI is InChI=1S/C18H15F4N5O2/c19-12-3-1-10(2-4-12)16-15(24-9-29-16)17(28)23-8-14-26-25-13-7-11(18(20,21)22)5-6-27(13)14/h1-4,9,11H,5-8H2,(H,23,28). The average Bonchev–Trinajstić information content (AvgIpc) is 3.33. The molecule has 2 aromatic heterocycles. The highest BCUT2D eigenvalue weighted by Crippen LogP contribution is 2.34. The highest BCUT2D eigenvalue weighted by Gasteiger charge is 2.42.